The number of rotatable bonds is 85. The number of unbranched alkanes of at least 4 members (excludes halogenated alkanes) is 54. The van der Waals surface area contributed by atoms with Gasteiger partial charge < -0.3 is 33.8 Å². The number of carbonyl (C=O) groups excluding carboxylic acids is 4. The Bertz CT molecular complexity index is 2010. The van der Waals surface area contributed by atoms with Crippen LogP contribution in [0.1, 0.15) is 459 Å². The van der Waals surface area contributed by atoms with E-state index in [9.17, 15) is 43.2 Å². The third-order valence-corrected chi connectivity index (χ3v) is 22.5. The van der Waals surface area contributed by atoms with Crippen molar-refractivity contribution in [3.63, 3.8) is 0 Å². The van der Waals surface area contributed by atoms with Gasteiger partial charge in [0.05, 0.1) is 26.4 Å². The summed E-state index contributed by atoms with van der Waals surface area (Å²) in [6.45, 7) is 9.62. The molecule has 0 radical (unpaired) electrons. The van der Waals surface area contributed by atoms with E-state index in [1.165, 1.54) is 276 Å². The fourth-order valence-electron chi connectivity index (χ4n) is 13.4. The number of phosphoric ester groups is 2. The van der Waals surface area contributed by atoms with Gasteiger partial charge in [0, 0.05) is 25.7 Å². The molecule has 19 heteroatoms. The van der Waals surface area contributed by atoms with Gasteiger partial charge in [0.1, 0.15) is 19.3 Å². The first-order valence-electron chi connectivity index (χ1n) is 44.5. The van der Waals surface area contributed by atoms with E-state index >= 15 is 0 Å². The molecule has 0 heterocycles. The Morgan fingerprint density at radius 3 is 0.724 bits per heavy atom. The molecular formula is C86H168O17P2. The molecule has 0 aromatic heterocycles. The largest absolute Gasteiger partial charge is 0.472 e. The molecule has 0 aromatic rings. The van der Waals surface area contributed by atoms with Crippen LogP contribution >= 0.6 is 15.6 Å². The van der Waals surface area contributed by atoms with Crippen molar-refractivity contribution in [2.45, 2.75) is 477 Å². The number of phosphoric acid groups is 2. The number of aliphatic hydroxyl groups is 1. The summed E-state index contributed by atoms with van der Waals surface area (Å²) < 4.78 is 68.8. The molecule has 105 heavy (non-hydrogen) atoms. The molecule has 0 rings (SSSR count). The molecule has 624 valence electrons. The molecule has 0 spiro atoms. The van der Waals surface area contributed by atoms with Crippen LogP contribution in [-0.2, 0) is 65.4 Å². The Balaban J connectivity index is 5.21. The van der Waals surface area contributed by atoms with Gasteiger partial charge in [-0.25, -0.2) is 9.13 Å². The van der Waals surface area contributed by atoms with Gasteiger partial charge in [-0.1, -0.05) is 408 Å². The number of carbonyl (C=O) groups is 4. The molecule has 3 unspecified atom stereocenters. The van der Waals surface area contributed by atoms with Crippen LogP contribution in [0.4, 0.5) is 0 Å². The zero-order chi connectivity index (χ0) is 77.1. The van der Waals surface area contributed by atoms with E-state index < -0.39 is 97.5 Å². The molecule has 0 aliphatic carbocycles. The van der Waals surface area contributed by atoms with Crippen molar-refractivity contribution >= 4 is 39.5 Å². The summed E-state index contributed by atoms with van der Waals surface area (Å²) in [5, 5.41) is 10.7. The molecule has 17 nitrogen and oxygen atoms in total. The molecule has 0 amide bonds. The van der Waals surface area contributed by atoms with Crippen molar-refractivity contribution in [2.75, 3.05) is 39.6 Å². The molecule has 0 aliphatic heterocycles. The van der Waals surface area contributed by atoms with Gasteiger partial charge in [-0.2, -0.15) is 0 Å². The van der Waals surface area contributed by atoms with Crippen molar-refractivity contribution in [3.8, 4) is 0 Å². The normalized spacial score (nSPS) is 14.1. The van der Waals surface area contributed by atoms with E-state index in [2.05, 4.69) is 41.5 Å². The molecule has 0 saturated heterocycles. The highest BCUT2D eigenvalue weighted by Crippen LogP contribution is 2.45. The van der Waals surface area contributed by atoms with Gasteiger partial charge in [-0.15, -0.1) is 0 Å². The predicted octanol–water partition coefficient (Wildman–Crippen LogP) is 26.2. The topological polar surface area (TPSA) is 237 Å². The van der Waals surface area contributed by atoms with Crippen LogP contribution in [0.15, 0.2) is 0 Å². The minimum Gasteiger partial charge on any atom is -0.462 e. The summed E-state index contributed by atoms with van der Waals surface area (Å²) in [4.78, 5) is 73.2. The van der Waals surface area contributed by atoms with Crippen LogP contribution in [-0.4, -0.2) is 96.7 Å². The predicted molar refractivity (Wildman–Crippen MR) is 432 cm³/mol. The van der Waals surface area contributed by atoms with Crippen molar-refractivity contribution in [3.05, 3.63) is 0 Å². The van der Waals surface area contributed by atoms with E-state index in [-0.39, 0.29) is 25.7 Å². The van der Waals surface area contributed by atoms with Crippen LogP contribution in [0.25, 0.3) is 0 Å². The fourth-order valence-corrected chi connectivity index (χ4v) is 15.0. The number of aliphatic hydroxyl groups excluding tert-OH is 1. The van der Waals surface area contributed by atoms with E-state index in [0.29, 0.717) is 25.7 Å². The maximum atomic E-state index is 13.1. The molecule has 6 atom stereocenters. The number of hydrogen-bond donors (Lipinski definition) is 3. The maximum absolute atomic E-state index is 13.1. The zero-order valence-corrected chi connectivity index (χ0v) is 70.8. The second-order valence-electron chi connectivity index (χ2n) is 31.6. The number of esters is 4. The second-order valence-corrected chi connectivity index (χ2v) is 34.6. The van der Waals surface area contributed by atoms with Crippen LogP contribution in [0.5, 0.6) is 0 Å². The fraction of sp³-hybridized carbons (Fsp3) is 0.953. The lowest BCUT2D eigenvalue weighted by Gasteiger charge is -2.21. The van der Waals surface area contributed by atoms with Gasteiger partial charge in [-0.3, -0.25) is 37.3 Å². The van der Waals surface area contributed by atoms with E-state index in [4.69, 9.17) is 37.0 Å². The molecular weight excluding hydrogens is 1370 g/mol. The second kappa shape index (κ2) is 77.4. The highest BCUT2D eigenvalue weighted by Gasteiger charge is 2.30. The first-order valence-corrected chi connectivity index (χ1v) is 47.5. The smallest absolute Gasteiger partial charge is 0.462 e. The summed E-state index contributed by atoms with van der Waals surface area (Å²) in [5.74, 6) is -0.611. The van der Waals surface area contributed by atoms with Gasteiger partial charge in [0.2, 0.25) is 0 Å². The SMILES string of the molecule is CCCCCCCCCCCCCCCCCCCCCCCC(=O)OC[C@H](COP(=O)(O)OC[C@@H](O)COP(=O)(O)OC[C@@H](COC(=O)CCCCCCCCCCC(C)C)OC(=O)CCCCCCCCCCC(C)CC)OC(=O)CCCCCCCCCCCCCCCCCCCCCCC. The van der Waals surface area contributed by atoms with Crippen LogP contribution in [0, 0.1) is 11.8 Å². The lowest BCUT2D eigenvalue weighted by atomic mass is 9.99. The van der Waals surface area contributed by atoms with E-state index in [1.54, 1.807) is 0 Å². The third-order valence-electron chi connectivity index (χ3n) is 20.6. The summed E-state index contributed by atoms with van der Waals surface area (Å²) in [6.07, 6.45) is 69.7. The Morgan fingerprint density at radius 1 is 0.276 bits per heavy atom. The van der Waals surface area contributed by atoms with Crippen molar-refractivity contribution in [1.82, 2.24) is 0 Å². The molecule has 0 fully saturated rings. The minimum atomic E-state index is -4.97. The Morgan fingerprint density at radius 2 is 0.486 bits per heavy atom. The van der Waals surface area contributed by atoms with Gasteiger partial charge in [-0.05, 0) is 37.5 Å². The van der Waals surface area contributed by atoms with Crippen LogP contribution in [0.3, 0.4) is 0 Å². The maximum Gasteiger partial charge on any atom is 0.472 e. The highest BCUT2D eigenvalue weighted by atomic mass is 31.2. The van der Waals surface area contributed by atoms with Crippen molar-refractivity contribution in [1.29, 1.82) is 0 Å². The highest BCUT2D eigenvalue weighted by molar-refractivity contribution is 7.47. The zero-order valence-electron chi connectivity index (χ0n) is 69.0. The molecule has 0 aromatic carbocycles. The van der Waals surface area contributed by atoms with Crippen LogP contribution < -0.4 is 0 Å². The standard InChI is InChI=1S/C86H168O17P2/c1-7-10-12-14-16-18-20-22-24-26-28-30-32-34-36-38-40-42-50-56-62-68-83(88)96-74-81(102-85(90)70-64-58-52-43-41-39-37-35-33-31-29-27-25-23-21-19-17-15-13-11-8-2)76-100-104(92,93)98-72-80(87)73-99-105(94,95)101-77-82(75-97-84(89)69-63-57-51-46-44-48-54-60-66-78(4)5)103-86(91)71-65-59-53-47-45-49-55-61-67-79(6)9-3/h78-82,87H,7-77H2,1-6H3,(H,92,93)(H,94,95)/t79?,80-,81-,82-/m1/s1. The molecule has 3 N–H and O–H groups in total. The molecule has 0 bridgehead atoms. The first-order chi connectivity index (χ1) is 50.9. The van der Waals surface area contributed by atoms with E-state index in [1.807, 2.05) is 0 Å². The summed E-state index contributed by atoms with van der Waals surface area (Å²) >= 11 is 0. The van der Waals surface area contributed by atoms with Gasteiger partial charge in [0.25, 0.3) is 0 Å². The summed E-state index contributed by atoms with van der Waals surface area (Å²) in [7, 11) is -9.93. The van der Waals surface area contributed by atoms with Crippen LogP contribution in [0.2, 0.25) is 0 Å². The summed E-state index contributed by atoms with van der Waals surface area (Å²) in [6, 6.07) is 0. The average molecular weight is 1540 g/mol. The summed E-state index contributed by atoms with van der Waals surface area (Å²) in [5.41, 5.74) is 0. The third kappa shape index (κ3) is 78.5. The average Bonchev–Trinajstić information content (AvgIpc) is 0.916. The Kier molecular flexibility index (Phi) is 76.0. The molecule has 0 saturated carbocycles. The Labute approximate surface area is 645 Å². The monoisotopic (exact) mass is 1540 g/mol. The number of hydrogen-bond acceptors (Lipinski definition) is 15. The number of ether oxygens (including phenoxy) is 4. The minimum absolute atomic E-state index is 0.105. The first kappa shape index (κ1) is 103. The van der Waals surface area contributed by atoms with Crippen molar-refractivity contribution < 1.29 is 80.2 Å². The molecule has 0 aliphatic rings. The quantitative estimate of drug-likeness (QED) is 0.0222. The van der Waals surface area contributed by atoms with Gasteiger partial charge >= 0.3 is 39.5 Å². The lowest BCUT2D eigenvalue weighted by Crippen LogP contribution is -2.30. The lowest BCUT2D eigenvalue weighted by molar-refractivity contribution is -0.161. The van der Waals surface area contributed by atoms with E-state index in [0.717, 1.165) is 102 Å². The van der Waals surface area contributed by atoms with Gasteiger partial charge in [0.15, 0.2) is 12.2 Å². The Hall–Kier alpha value is -1.94. The van der Waals surface area contributed by atoms with Crippen molar-refractivity contribution in [2.24, 2.45) is 11.8 Å².